The van der Waals surface area contributed by atoms with Gasteiger partial charge in [-0.3, -0.25) is 4.79 Å². The zero-order valence-electron chi connectivity index (χ0n) is 10.3. The van der Waals surface area contributed by atoms with Crippen LogP contribution in [-0.4, -0.2) is 37.0 Å². The largest absolute Gasteiger partial charge is 0.340 e. The fourth-order valence-corrected chi connectivity index (χ4v) is 4.62. The van der Waals surface area contributed by atoms with Gasteiger partial charge in [-0.05, 0) is 42.9 Å². The van der Waals surface area contributed by atoms with Crippen molar-refractivity contribution >= 4 is 18.3 Å². The molecular formula is C13H21ClN2O. The van der Waals surface area contributed by atoms with E-state index in [9.17, 15) is 4.79 Å². The summed E-state index contributed by atoms with van der Waals surface area (Å²) >= 11 is 0. The molecule has 96 valence electrons. The van der Waals surface area contributed by atoms with Crippen LogP contribution in [0.5, 0.6) is 0 Å². The van der Waals surface area contributed by atoms with E-state index in [-0.39, 0.29) is 12.4 Å². The zero-order valence-corrected chi connectivity index (χ0v) is 11.1. The van der Waals surface area contributed by atoms with Crippen molar-refractivity contribution in [1.29, 1.82) is 0 Å². The van der Waals surface area contributed by atoms with Crippen molar-refractivity contribution in [3.63, 3.8) is 0 Å². The van der Waals surface area contributed by atoms with E-state index in [1.54, 1.807) is 0 Å². The minimum atomic E-state index is 0. The molecule has 4 heteroatoms. The van der Waals surface area contributed by atoms with Gasteiger partial charge in [0.15, 0.2) is 0 Å². The molecular weight excluding hydrogens is 236 g/mol. The Labute approximate surface area is 109 Å². The topological polar surface area (TPSA) is 32.3 Å². The van der Waals surface area contributed by atoms with Crippen molar-refractivity contribution in [3.8, 4) is 0 Å². The van der Waals surface area contributed by atoms with E-state index in [0.29, 0.717) is 17.9 Å². The SMILES string of the molecule is CN(C(=O)C1C2C3CCC(C3)C12)C1CNC1.Cl. The van der Waals surface area contributed by atoms with Gasteiger partial charge in [0.25, 0.3) is 0 Å². The second-order valence-electron chi connectivity index (χ2n) is 6.27. The number of hydrogen-bond donors (Lipinski definition) is 1. The Morgan fingerprint density at radius 2 is 1.76 bits per heavy atom. The van der Waals surface area contributed by atoms with Crippen LogP contribution >= 0.6 is 12.4 Å². The van der Waals surface area contributed by atoms with Crippen molar-refractivity contribution in [1.82, 2.24) is 10.2 Å². The van der Waals surface area contributed by atoms with Gasteiger partial charge < -0.3 is 10.2 Å². The van der Waals surface area contributed by atoms with Crippen LogP contribution in [-0.2, 0) is 4.79 Å². The normalized spacial score (nSPS) is 45.8. The molecule has 0 aromatic heterocycles. The highest BCUT2D eigenvalue weighted by atomic mass is 35.5. The highest BCUT2D eigenvalue weighted by Crippen LogP contribution is 2.69. The van der Waals surface area contributed by atoms with E-state index in [4.69, 9.17) is 0 Å². The van der Waals surface area contributed by atoms with Gasteiger partial charge in [0.2, 0.25) is 5.91 Å². The molecule has 0 aromatic rings. The molecule has 4 aliphatic rings. The summed E-state index contributed by atoms with van der Waals surface area (Å²) in [7, 11) is 2.00. The van der Waals surface area contributed by atoms with Gasteiger partial charge in [0, 0.05) is 26.1 Å². The first kappa shape index (κ1) is 11.8. The maximum Gasteiger partial charge on any atom is 0.226 e. The first-order valence-electron chi connectivity index (χ1n) is 6.75. The van der Waals surface area contributed by atoms with Gasteiger partial charge in [-0.25, -0.2) is 0 Å². The first-order chi connectivity index (χ1) is 7.77. The molecule has 3 nitrogen and oxygen atoms in total. The molecule has 1 N–H and O–H groups in total. The lowest BCUT2D eigenvalue weighted by Gasteiger charge is -2.36. The minimum Gasteiger partial charge on any atom is -0.340 e. The summed E-state index contributed by atoms with van der Waals surface area (Å²) in [6.07, 6.45) is 4.25. The summed E-state index contributed by atoms with van der Waals surface area (Å²) < 4.78 is 0. The van der Waals surface area contributed by atoms with Crippen molar-refractivity contribution in [3.05, 3.63) is 0 Å². The monoisotopic (exact) mass is 256 g/mol. The third-order valence-corrected chi connectivity index (χ3v) is 5.68. The molecule has 2 bridgehead atoms. The Balaban J connectivity index is 0.000000902. The third-order valence-electron chi connectivity index (χ3n) is 5.68. The van der Waals surface area contributed by atoms with Crippen molar-refractivity contribution in [2.45, 2.75) is 25.3 Å². The Morgan fingerprint density at radius 1 is 1.18 bits per heavy atom. The van der Waals surface area contributed by atoms with Crippen molar-refractivity contribution in [2.24, 2.45) is 29.6 Å². The van der Waals surface area contributed by atoms with Gasteiger partial charge in [0.1, 0.15) is 0 Å². The highest BCUT2D eigenvalue weighted by Gasteiger charge is 2.68. The number of carbonyl (C=O) groups is 1. The van der Waals surface area contributed by atoms with E-state index in [0.717, 1.165) is 36.8 Å². The van der Waals surface area contributed by atoms with Crippen LogP contribution in [0.15, 0.2) is 0 Å². The molecule has 3 aliphatic carbocycles. The maximum absolute atomic E-state index is 12.4. The standard InChI is InChI=1S/C13H20N2O.ClH/c1-15(9-5-14-6-9)13(16)12-10-7-2-3-8(4-7)11(10)12;/h7-12,14H,2-6H2,1H3;1H. The molecule has 17 heavy (non-hydrogen) atoms. The van der Waals surface area contributed by atoms with E-state index in [1.165, 1.54) is 19.3 Å². The number of halogens is 1. The van der Waals surface area contributed by atoms with Crippen LogP contribution in [0.3, 0.4) is 0 Å². The second-order valence-corrected chi connectivity index (χ2v) is 6.27. The molecule has 4 unspecified atom stereocenters. The van der Waals surface area contributed by atoms with Crippen molar-refractivity contribution < 1.29 is 4.79 Å². The molecule has 0 aromatic carbocycles. The summed E-state index contributed by atoms with van der Waals surface area (Å²) in [6, 6.07) is 0.478. The van der Waals surface area contributed by atoms with Crippen LogP contribution in [0.1, 0.15) is 19.3 Å². The predicted molar refractivity (Wildman–Crippen MR) is 68.0 cm³/mol. The summed E-state index contributed by atoms with van der Waals surface area (Å²) in [5.41, 5.74) is 0. The lowest BCUT2D eigenvalue weighted by atomic mass is 10.0. The average molecular weight is 257 g/mol. The van der Waals surface area contributed by atoms with Crippen LogP contribution in [0, 0.1) is 29.6 Å². The van der Waals surface area contributed by atoms with Gasteiger partial charge in [0.05, 0.1) is 6.04 Å². The second kappa shape index (κ2) is 3.86. The Hall–Kier alpha value is -0.280. The van der Waals surface area contributed by atoms with Crippen LogP contribution in [0.25, 0.3) is 0 Å². The molecule has 1 saturated heterocycles. The number of hydrogen-bond acceptors (Lipinski definition) is 2. The predicted octanol–water partition coefficient (Wildman–Crippen LogP) is 1.13. The van der Waals surface area contributed by atoms with Gasteiger partial charge in [-0.2, -0.15) is 0 Å². The first-order valence-corrected chi connectivity index (χ1v) is 6.75. The number of carbonyl (C=O) groups excluding carboxylic acids is 1. The minimum absolute atomic E-state index is 0. The fraction of sp³-hybridized carbons (Fsp3) is 0.923. The Kier molecular flexibility index (Phi) is 2.67. The molecule has 1 aliphatic heterocycles. The van der Waals surface area contributed by atoms with E-state index < -0.39 is 0 Å². The summed E-state index contributed by atoms with van der Waals surface area (Å²) in [5.74, 6) is 4.30. The lowest BCUT2D eigenvalue weighted by molar-refractivity contribution is -0.135. The molecule has 0 spiro atoms. The number of fused-ring (bicyclic) bond motifs is 5. The molecule has 4 rings (SSSR count). The highest BCUT2D eigenvalue weighted by molar-refractivity contribution is 5.85. The Morgan fingerprint density at radius 3 is 2.24 bits per heavy atom. The van der Waals surface area contributed by atoms with Crippen LogP contribution in [0.2, 0.25) is 0 Å². The number of nitrogens with zero attached hydrogens (tertiary/aromatic N) is 1. The van der Waals surface area contributed by atoms with Gasteiger partial charge in [-0.1, -0.05) is 0 Å². The summed E-state index contributed by atoms with van der Waals surface area (Å²) in [4.78, 5) is 14.4. The quantitative estimate of drug-likeness (QED) is 0.804. The molecule has 4 atom stereocenters. The number of likely N-dealkylation sites (N-methyl/N-ethyl adjacent to an activating group) is 1. The zero-order chi connectivity index (χ0) is 10.9. The average Bonchev–Trinajstić information content (AvgIpc) is 2.62. The van der Waals surface area contributed by atoms with E-state index >= 15 is 0 Å². The summed E-state index contributed by atoms with van der Waals surface area (Å²) in [6.45, 7) is 1.99. The number of nitrogens with one attached hydrogen (secondary N) is 1. The van der Waals surface area contributed by atoms with Gasteiger partial charge in [-0.15, -0.1) is 12.4 Å². The van der Waals surface area contributed by atoms with Crippen LogP contribution in [0.4, 0.5) is 0 Å². The van der Waals surface area contributed by atoms with Crippen LogP contribution < -0.4 is 5.32 Å². The van der Waals surface area contributed by atoms with E-state index in [2.05, 4.69) is 5.32 Å². The molecule has 4 fully saturated rings. The van der Waals surface area contributed by atoms with Crippen molar-refractivity contribution in [2.75, 3.05) is 20.1 Å². The summed E-state index contributed by atoms with van der Waals surface area (Å²) in [5, 5.41) is 3.24. The molecule has 0 radical (unpaired) electrons. The fourth-order valence-electron chi connectivity index (χ4n) is 4.62. The maximum atomic E-state index is 12.4. The molecule has 1 amide bonds. The lowest BCUT2D eigenvalue weighted by Crippen LogP contribution is -2.58. The smallest absolute Gasteiger partial charge is 0.226 e. The van der Waals surface area contributed by atoms with Gasteiger partial charge >= 0.3 is 0 Å². The third kappa shape index (κ3) is 1.48. The van der Waals surface area contributed by atoms with E-state index in [1.807, 2.05) is 11.9 Å². The Bertz CT molecular complexity index is 328. The molecule has 1 heterocycles. The number of amides is 1. The molecule has 3 saturated carbocycles. The number of rotatable bonds is 2.